The Morgan fingerprint density at radius 1 is 0.976 bits per heavy atom. The molecule has 1 aliphatic heterocycles. The van der Waals surface area contributed by atoms with Gasteiger partial charge >= 0.3 is 5.51 Å². The quantitative estimate of drug-likeness (QED) is 0.259. The number of hydrogen-bond acceptors (Lipinski definition) is 8. The van der Waals surface area contributed by atoms with Crippen LogP contribution >= 0.6 is 11.8 Å². The molecule has 1 fully saturated rings. The third-order valence-corrected chi connectivity index (χ3v) is 10.4. The molecule has 0 saturated carbocycles. The van der Waals surface area contributed by atoms with E-state index < -0.39 is 47.1 Å². The van der Waals surface area contributed by atoms with Crippen molar-refractivity contribution in [2.24, 2.45) is 0 Å². The average Bonchev–Trinajstić information content (AvgIpc) is 3.45. The van der Waals surface area contributed by atoms with Crippen LogP contribution in [0.2, 0.25) is 0 Å². The minimum atomic E-state index is -5.97. The SMILES string of the molecule is O=C(NS(=O)(=O)c1ccc(N[C@@H](CSc2ccccc2)C[C@H]2CCCN2)c(S(=O)(=O)C(F)(F)F)c1)c1ccccc1. The first-order valence-electron chi connectivity index (χ1n) is 12.6. The van der Waals surface area contributed by atoms with E-state index in [2.05, 4.69) is 10.6 Å². The predicted molar refractivity (Wildman–Crippen MR) is 151 cm³/mol. The van der Waals surface area contributed by atoms with E-state index in [0.717, 1.165) is 36.4 Å². The van der Waals surface area contributed by atoms with Crippen LogP contribution in [0.5, 0.6) is 0 Å². The monoisotopic (exact) mass is 627 g/mol. The summed E-state index contributed by atoms with van der Waals surface area (Å²) in [5, 5.41) is 6.28. The van der Waals surface area contributed by atoms with Gasteiger partial charge in [0.15, 0.2) is 0 Å². The van der Waals surface area contributed by atoms with Crippen LogP contribution in [-0.2, 0) is 19.9 Å². The first-order valence-corrected chi connectivity index (χ1v) is 16.6. The van der Waals surface area contributed by atoms with E-state index in [1.807, 2.05) is 30.3 Å². The van der Waals surface area contributed by atoms with E-state index in [9.17, 15) is 34.8 Å². The van der Waals surface area contributed by atoms with Gasteiger partial charge in [-0.2, -0.15) is 13.2 Å². The summed E-state index contributed by atoms with van der Waals surface area (Å²) in [5.41, 5.74) is -6.08. The second kappa shape index (κ2) is 12.8. The molecule has 8 nitrogen and oxygen atoms in total. The summed E-state index contributed by atoms with van der Waals surface area (Å²) in [4.78, 5) is 11.3. The molecule has 4 rings (SSSR count). The average molecular weight is 628 g/mol. The molecule has 220 valence electrons. The van der Waals surface area contributed by atoms with Crippen molar-refractivity contribution in [2.45, 2.75) is 51.5 Å². The number of carbonyl (C=O) groups is 1. The Bertz CT molecular complexity index is 1560. The zero-order valence-corrected chi connectivity index (χ0v) is 24.0. The lowest BCUT2D eigenvalue weighted by molar-refractivity contribution is -0.0435. The van der Waals surface area contributed by atoms with Gasteiger partial charge in [0.05, 0.1) is 10.6 Å². The van der Waals surface area contributed by atoms with E-state index in [1.54, 1.807) is 10.8 Å². The molecule has 1 heterocycles. The Labute approximate surface area is 241 Å². The molecule has 1 amide bonds. The second-order valence-electron chi connectivity index (χ2n) is 9.40. The molecule has 0 aliphatic carbocycles. The van der Waals surface area contributed by atoms with Crippen molar-refractivity contribution in [3.05, 3.63) is 84.4 Å². The maximum atomic E-state index is 13.7. The zero-order valence-electron chi connectivity index (χ0n) is 21.6. The molecule has 41 heavy (non-hydrogen) atoms. The molecular weight excluding hydrogens is 600 g/mol. The number of sulfonamides is 1. The molecule has 2 atom stereocenters. The normalized spacial score (nSPS) is 16.7. The van der Waals surface area contributed by atoms with Gasteiger partial charge in [0.25, 0.3) is 25.8 Å². The van der Waals surface area contributed by atoms with Gasteiger partial charge in [-0.05, 0) is 68.3 Å². The molecule has 3 aromatic rings. The maximum absolute atomic E-state index is 13.7. The molecule has 1 aliphatic rings. The third kappa shape index (κ3) is 7.82. The van der Waals surface area contributed by atoms with Gasteiger partial charge in [0.1, 0.15) is 4.90 Å². The van der Waals surface area contributed by atoms with Gasteiger partial charge < -0.3 is 10.6 Å². The van der Waals surface area contributed by atoms with Crippen molar-refractivity contribution in [1.82, 2.24) is 10.0 Å². The summed E-state index contributed by atoms with van der Waals surface area (Å²) >= 11 is 1.46. The Hall–Kier alpha value is -3.07. The van der Waals surface area contributed by atoms with Gasteiger partial charge in [-0.1, -0.05) is 36.4 Å². The largest absolute Gasteiger partial charge is 0.501 e. The van der Waals surface area contributed by atoms with E-state index in [4.69, 9.17) is 0 Å². The van der Waals surface area contributed by atoms with Crippen LogP contribution in [0.4, 0.5) is 18.9 Å². The number of hydrogen-bond donors (Lipinski definition) is 3. The fourth-order valence-electron chi connectivity index (χ4n) is 4.37. The Balaban J connectivity index is 1.67. The lowest BCUT2D eigenvalue weighted by Crippen LogP contribution is -2.34. The predicted octanol–water partition coefficient (Wildman–Crippen LogP) is 4.81. The number of nitrogens with one attached hydrogen (secondary N) is 3. The highest BCUT2D eigenvalue weighted by Crippen LogP contribution is 2.37. The molecule has 0 radical (unpaired) electrons. The van der Waals surface area contributed by atoms with Crippen LogP contribution in [0.1, 0.15) is 29.6 Å². The molecule has 3 aromatic carbocycles. The lowest BCUT2D eigenvalue weighted by Gasteiger charge is -2.25. The Morgan fingerprint density at radius 2 is 1.63 bits per heavy atom. The second-order valence-corrected chi connectivity index (χ2v) is 14.1. The van der Waals surface area contributed by atoms with E-state index >= 15 is 0 Å². The molecule has 0 unspecified atom stereocenters. The highest BCUT2D eigenvalue weighted by Gasteiger charge is 2.48. The molecule has 1 saturated heterocycles. The van der Waals surface area contributed by atoms with Gasteiger partial charge in [-0.25, -0.2) is 21.6 Å². The number of halogens is 3. The summed E-state index contributed by atoms with van der Waals surface area (Å²) in [6.07, 6.45) is 2.30. The van der Waals surface area contributed by atoms with Gasteiger partial charge in [0.2, 0.25) is 0 Å². The van der Waals surface area contributed by atoms with Crippen LogP contribution in [0.15, 0.2) is 93.5 Å². The Morgan fingerprint density at radius 3 is 2.24 bits per heavy atom. The molecule has 14 heteroatoms. The first-order chi connectivity index (χ1) is 19.4. The summed E-state index contributed by atoms with van der Waals surface area (Å²) in [7, 11) is -10.7. The maximum Gasteiger partial charge on any atom is 0.501 e. The van der Waals surface area contributed by atoms with E-state index in [-0.39, 0.29) is 17.3 Å². The van der Waals surface area contributed by atoms with Crippen molar-refractivity contribution in [1.29, 1.82) is 0 Å². The number of alkyl halides is 3. The first kappa shape index (κ1) is 30.9. The van der Waals surface area contributed by atoms with Crippen molar-refractivity contribution < 1.29 is 34.8 Å². The van der Waals surface area contributed by atoms with Crippen LogP contribution in [0.25, 0.3) is 0 Å². The standard InChI is InChI=1S/C27H28F3N3O5S3/c28-27(29,30)40(35,36)25-17-23(41(37,38)33-26(34)19-8-3-1-4-9-19)13-14-24(25)32-21(16-20-10-7-15-31-20)18-39-22-11-5-2-6-12-22/h1-6,8-9,11-14,17,20-21,31-32H,7,10,15-16,18H2,(H,33,34)/t20-,21-/m1/s1. The molecular formula is C27H28F3N3O5S3. The minimum absolute atomic E-state index is 0.00298. The molecule has 3 N–H and O–H groups in total. The number of carbonyl (C=O) groups excluding carboxylic acids is 1. The fraction of sp³-hybridized carbons (Fsp3) is 0.296. The van der Waals surface area contributed by atoms with Crippen LogP contribution in [0, 0.1) is 0 Å². The lowest BCUT2D eigenvalue weighted by atomic mass is 10.1. The molecule has 0 spiro atoms. The van der Waals surface area contributed by atoms with Gasteiger partial charge in [-0.15, -0.1) is 11.8 Å². The third-order valence-electron chi connectivity index (χ3n) is 6.41. The summed E-state index contributed by atoms with van der Waals surface area (Å²) in [6, 6.07) is 18.7. The number of sulfone groups is 1. The number of rotatable bonds is 11. The number of benzene rings is 3. The van der Waals surface area contributed by atoms with Crippen LogP contribution in [-0.4, -0.2) is 52.6 Å². The van der Waals surface area contributed by atoms with Crippen molar-refractivity contribution >= 4 is 43.2 Å². The van der Waals surface area contributed by atoms with Crippen molar-refractivity contribution in [3.63, 3.8) is 0 Å². The minimum Gasteiger partial charge on any atom is -0.380 e. The molecule has 0 aromatic heterocycles. The van der Waals surface area contributed by atoms with Crippen LogP contribution in [0.3, 0.4) is 0 Å². The number of thioether (sulfide) groups is 1. The van der Waals surface area contributed by atoms with Crippen molar-refractivity contribution in [3.8, 4) is 0 Å². The zero-order chi connectivity index (χ0) is 29.7. The summed E-state index contributed by atoms with van der Waals surface area (Å²) in [6.45, 7) is 0.804. The fourth-order valence-corrected chi connectivity index (χ4v) is 7.35. The highest BCUT2D eigenvalue weighted by atomic mass is 32.2. The topological polar surface area (TPSA) is 121 Å². The number of amides is 1. The van der Waals surface area contributed by atoms with Crippen molar-refractivity contribution in [2.75, 3.05) is 17.6 Å². The van der Waals surface area contributed by atoms with E-state index in [0.29, 0.717) is 18.2 Å². The van der Waals surface area contributed by atoms with Gasteiger partial charge in [-0.3, -0.25) is 4.79 Å². The van der Waals surface area contributed by atoms with Gasteiger partial charge in [0, 0.05) is 28.3 Å². The summed E-state index contributed by atoms with van der Waals surface area (Å²) in [5.74, 6) is -0.615. The van der Waals surface area contributed by atoms with E-state index in [1.165, 1.54) is 36.0 Å². The molecule has 0 bridgehead atoms. The summed E-state index contributed by atoms with van der Waals surface area (Å²) < 4.78 is 94.1. The highest BCUT2D eigenvalue weighted by molar-refractivity contribution is 7.99. The number of anilines is 1. The Kier molecular flexibility index (Phi) is 9.67. The van der Waals surface area contributed by atoms with Crippen LogP contribution < -0.4 is 15.4 Å². The smallest absolute Gasteiger partial charge is 0.380 e.